The summed E-state index contributed by atoms with van der Waals surface area (Å²) in [5.74, 6) is -2.04. The number of allylic oxidation sites excluding steroid dienone is 2. The third kappa shape index (κ3) is 5.33. The number of Topliss-reactive ketones (excluding diaryl/α,β-unsaturated/α-hetero) is 1. The summed E-state index contributed by atoms with van der Waals surface area (Å²) in [6.07, 6.45) is 6.79. The number of esters is 1. The van der Waals surface area contributed by atoms with E-state index in [2.05, 4.69) is 58.7 Å². The molecular weight excluding hydrogens is 678 g/mol. The van der Waals surface area contributed by atoms with Crippen molar-refractivity contribution >= 4 is 17.7 Å². The van der Waals surface area contributed by atoms with Gasteiger partial charge in [-0.2, -0.15) is 0 Å². The van der Waals surface area contributed by atoms with Crippen molar-refractivity contribution < 1.29 is 37.4 Å². The van der Waals surface area contributed by atoms with Crippen LogP contribution in [0.25, 0.3) is 11.5 Å². The molecule has 8 nitrogen and oxygen atoms in total. The Morgan fingerprint density at radius 1 is 0.943 bits per heavy atom. The second-order valence-electron chi connectivity index (χ2n) is 19.5. The highest BCUT2D eigenvalue weighted by molar-refractivity contribution is 6.01. The van der Waals surface area contributed by atoms with Crippen molar-refractivity contribution in [1.82, 2.24) is 10.2 Å². The number of carboxylic acids is 1. The third-order valence-electron chi connectivity index (χ3n) is 15.8. The number of ketones is 1. The van der Waals surface area contributed by atoms with Crippen LogP contribution in [0.2, 0.25) is 0 Å². The monoisotopic (exact) mass is 734 g/mol. The van der Waals surface area contributed by atoms with E-state index < -0.39 is 34.4 Å². The second-order valence-corrected chi connectivity index (χ2v) is 19.5. The summed E-state index contributed by atoms with van der Waals surface area (Å²) < 4.78 is 42.1. The quantitative estimate of drug-likeness (QED) is 0.279. The van der Waals surface area contributed by atoms with E-state index in [1.807, 2.05) is 0 Å². The van der Waals surface area contributed by atoms with Gasteiger partial charge in [0.25, 0.3) is 5.89 Å². The Labute approximate surface area is 311 Å². The summed E-state index contributed by atoms with van der Waals surface area (Å²) in [7, 11) is 0. The molecule has 0 bridgehead atoms. The van der Waals surface area contributed by atoms with Crippen LogP contribution < -0.4 is 0 Å². The topological polar surface area (TPSA) is 120 Å². The van der Waals surface area contributed by atoms with Crippen molar-refractivity contribution in [2.45, 2.75) is 138 Å². The van der Waals surface area contributed by atoms with Gasteiger partial charge >= 0.3 is 11.9 Å². The molecule has 5 aliphatic rings. The van der Waals surface area contributed by atoms with Gasteiger partial charge in [-0.3, -0.25) is 14.4 Å². The van der Waals surface area contributed by atoms with Crippen molar-refractivity contribution in [3.8, 4) is 11.5 Å². The number of aromatic nitrogens is 2. The number of fused-ring (bicyclic) bond motifs is 7. The lowest BCUT2D eigenvalue weighted by Gasteiger charge is -2.72. The number of hydrogen-bond acceptors (Lipinski definition) is 7. The van der Waals surface area contributed by atoms with Gasteiger partial charge in [-0.15, -0.1) is 10.2 Å². The highest BCUT2D eigenvalue weighted by atomic mass is 19.1. The summed E-state index contributed by atoms with van der Waals surface area (Å²) in [4.78, 5) is 38.9. The predicted octanol–water partition coefficient (Wildman–Crippen LogP) is 9.66. The summed E-state index contributed by atoms with van der Waals surface area (Å²) in [5.41, 5.74) is -0.866. The van der Waals surface area contributed by atoms with Gasteiger partial charge in [-0.1, -0.05) is 54.5 Å². The number of carbonyl (C=O) groups excluding carboxylic acids is 2. The Kier molecular flexibility index (Phi) is 8.78. The maximum Gasteiger partial charge on any atom is 0.309 e. The molecule has 0 spiro atoms. The lowest BCUT2D eigenvalue weighted by atomic mass is 9.33. The van der Waals surface area contributed by atoms with Gasteiger partial charge in [0.2, 0.25) is 5.89 Å². The molecular formula is C43H56F2N2O6. The van der Waals surface area contributed by atoms with E-state index in [1.165, 1.54) is 18.2 Å². The number of rotatable bonds is 7. The summed E-state index contributed by atoms with van der Waals surface area (Å²) >= 11 is 0. The van der Waals surface area contributed by atoms with Crippen molar-refractivity contribution in [2.24, 2.45) is 50.7 Å². The van der Waals surface area contributed by atoms with Crippen LogP contribution in [-0.2, 0) is 24.5 Å². The van der Waals surface area contributed by atoms with E-state index in [-0.39, 0.29) is 75.6 Å². The van der Waals surface area contributed by atoms with Crippen LogP contribution in [0.1, 0.15) is 132 Å². The van der Waals surface area contributed by atoms with Crippen LogP contribution in [0.4, 0.5) is 8.78 Å². The molecule has 4 fully saturated rings. The van der Waals surface area contributed by atoms with E-state index in [0.717, 1.165) is 56.1 Å². The fourth-order valence-corrected chi connectivity index (χ4v) is 12.9. The molecule has 10 heteroatoms. The van der Waals surface area contributed by atoms with Crippen LogP contribution >= 0.6 is 0 Å². The molecule has 288 valence electrons. The minimum absolute atomic E-state index is 0.00572. The average molecular weight is 735 g/mol. The number of carboxylic acid groups (broad SMARTS) is 1. The maximum absolute atomic E-state index is 14.8. The van der Waals surface area contributed by atoms with E-state index in [1.54, 1.807) is 13.8 Å². The van der Waals surface area contributed by atoms with E-state index in [4.69, 9.17) is 9.15 Å². The molecule has 0 amide bonds. The van der Waals surface area contributed by atoms with E-state index >= 15 is 0 Å². The molecule has 4 saturated carbocycles. The fourth-order valence-electron chi connectivity index (χ4n) is 12.9. The smallest absolute Gasteiger partial charge is 0.309 e. The summed E-state index contributed by atoms with van der Waals surface area (Å²) in [5, 5.41) is 18.2. The average Bonchev–Trinajstić information content (AvgIpc) is 3.66. The zero-order valence-electron chi connectivity index (χ0n) is 32.8. The van der Waals surface area contributed by atoms with Crippen LogP contribution in [0, 0.1) is 62.4 Å². The van der Waals surface area contributed by atoms with Crippen molar-refractivity contribution in [1.29, 1.82) is 0 Å². The molecule has 5 aliphatic carbocycles. The molecule has 1 aromatic carbocycles. The van der Waals surface area contributed by atoms with Gasteiger partial charge in [-0.05, 0) is 128 Å². The Morgan fingerprint density at radius 3 is 2.26 bits per heavy atom. The molecule has 53 heavy (non-hydrogen) atoms. The number of nitrogens with zero attached hydrogens (tertiary/aromatic N) is 2. The number of aliphatic carboxylic acids is 1. The van der Waals surface area contributed by atoms with Gasteiger partial charge in [0.15, 0.2) is 5.78 Å². The minimum Gasteiger partial charge on any atom is -0.481 e. The lowest BCUT2D eigenvalue weighted by Crippen LogP contribution is -2.66. The molecule has 0 saturated heterocycles. The Bertz CT molecular complexity index is 1880. The highest BCUT2D eigenvalue weighted by Gasteiger charge is 2.71. The van der Waals surface area contributed by atoms with Crippen LogP contribution in [0.5, 0.6) is 0 Å². The van der Waals surface area contributed by atoms with Crippen molar-refractivity contribution in [3.05, 3.63) is 46.9 Å². The highest BCUT2D eigenvalue weighted by Crippen LogP contribution is 2.76. The molecule has 7 rings (SSSR count). The van der Waals surface area contributed by atoms with Gasteiger partial charge in [0, 0.05) is 11.8 Å². The number of carbonyl (C=O) groups is 3. The molecule has 1 aromatic heterocycles. The first-order valence-electron chi connectivity index (χ1n) is 19.6. The molecule has 2 aromatic rings. The zero-order chi connectivity index (χ0) is 38.7. The first-order valence-corrected chi connectivity index (χ1v) is 19.6. The van der Waals surface area contributed by atoms with Gasteiger partial charge < -0.3 is 14.3 Å². The maximum atomic E-state index is 14.8. The molecule has 0 aliphatic heterocycles. The molecule has 8 atom stereocenters. The number of halogens is 2. The lowest BCUT2D eigenvalue weighted by molar-refractivity contribution is -0.232. The standard InChI is InChI=1S/C43H56F2N2O6/c1-23(2)32-27(48)21-43(36-47-46-35(53-36)33-25(44)11-10-12-26(33)45)20-19-41(8)24(34(32)43)13-14-29-40(7)17-16-30(52-31(49)22-38(3,4)37(50)51)39(5,6)28(40)15-18-42(29,41)9/h10-12,23-24,28-30H,13-22H2,1-9H3,(H,50,51)/t24-,28+,29-,30+,40+,41-,42-,43-/m1/s1. The third-order valence-corrected chi connectivity index (χ3v) is 15.8. The summed E-state index contributed by atoms with van der Waals surface area (Å²) in [6, 6.07) is 3.65. The molecule has 0 unspecified atom stereocenters. The fraction of sp³-hybridized carbons (Fsp3) is 0.698. The zero-order valence-corrected chi connectivity index (χ0v) is 32.8. The summed E-state index contributed by atoms with van der Waals surface area (Å²) in [6.45, 7) is 19.1. The van der Waals surface area contributed by atoms with Crippen LogP contribution in [0.15, 0.2) is 33.8 Å². The normalized spacial score (nSPS) is 36.4. The van der Waals surface area contributed by atoms with Gasteiger partial charge in [0.05, 0.1) is 17.3 Å². The number of benzene rings is 1. The molecule has 1 heterocycles. The van der Waals surface area contributed by atoms with Crippen molar-refractivity contribution in [2.75, 3.05) is 0 Å². The van der Waals surface area contributed by atoms with E-state index in [9.17, 15) is 28.3 Å². The number of hydrogen-bond donors (Lipinski definition) is 1. The minimum atomic E-state index is -1.19. The Morgan fingerprint density at radius 2 is 1.62 bits per heavy atom. The SMILES string of the molecule is CC(C)C1=C2[C@H]3CC[C@@H]4[C@@]5(C)CC[C@H](OC(=O)CC(C)(C)C(=O)O)C(C)(C)[C@@H]5CC[C@@]4(C)[C@]3(C)CC[C@@]2(c2nnc(-c3c(F)cccc3F)o2)CC1=O. The largest absolute Gasteiger partial charge is 0.481 e. The number of ether oxygens (including phenoxy) is 1. The van der Waals surface area contributed by atoms with Crippen LogP contribution in [-0.4, -0.2) is 39.1 Å². The van der Waals surface area contributed by atoms with Crippen molar-refractivity contribution in [3.63, 3.8) is 0 Å². The van der Waals surface area contributed by atoms with Gasteiger partial charge in [0.1, 0.15) is 23.3 Å². The first-order chi connectivity index (χ1) is 24.6. The molecule has 0 radical (unpaired) electrons. The Balaban J connectivity index is 1.22. The molecule has 1 N–H and O–H groups in total. The Hall–Kier alpha value is -3.43. The van der Waals surface area contributed by atoms with Crippen LogP contribution in [0.3, 0.4) is 0 Å². The first kappa shape index (κ1) is 37.9. The van der Waals surface area contributed by atoms with E-state index in [0.29, 0.717) is 18.3 Å². The van der Waals surface area contributed by atoms with Gasteiger partial charge in [-0.25, -0.2) is 8.78 Å². The second kappa shape index (κ2) is 12.3. The predicted molar refractivity (Wildman–Crippen MR) is 194 cm³/mol.